The lowest BCUT2D eigenvalue weighted by Crippen LogP contribution is -2.44. The molecule has 1 fully saturated rings. The van der Waals surface area contributed by atoms with Gasteiger partial charge in [0.2, 0.25) is 5.91 Å². The van der Waals surface area contributed by atoms with Gasteiger partial charge in [-0.25, -0.2) is 0 Å². The summed E-state index contributed by atoms with van der Waals surface area (Å²) >= 11 is 0. The number of hydrogen-bond donors (Lipinski definition) is 1. The van der Waals surface area contributed by atoms with Crippen LogP contribution in [0.25, 0.3) is 0 Å². The minimum Gasteiger partial charge on any atom is -0.338 e. The maximum atomic E-state index is 11.9. The van der Waals surface area contributed by atoms with Gasteiger partial charge in [0, 0.05) is 13.1 Å². The fourth-order valence-corrected chi connectivity index (χ4v) is 1.79. The number of nitrogens with zero attached hydrogens (tertiary/aromatic N) is 1. The van der Waals surface area contributed by atoms with E-state index in [9.17, 15) is 4.79 Å². The van der Waals surface area contributed by atoms with Crippen molar-refractivity contribution in [2.45, 2.75) is 32.7 Å². The van der Waals surface area contributed by atoms with Crippen LogP contribution < -0.4 is 5.32 Å². The van der Waals surface area contributed by atoms with Crippen LogP contribution in [0.3, 0.4) is 0 Å². The van der Waals surface area contributed by atoms with E-state index in [4.69, 9.17) is 0 Å². The Morgan fingerprint density at radius 1 is 1.64 bits per heavy atom. The molecule has 0 bridgehead atoms. The Morgan fingerprint density at radius 3 is 2.79 bits per heavy atom. The number of rotatable bonds is 4. The lowest BCUT2D eigenvalue weighted by Gasteiger charge is -2.24. The van der Waals surface area contributed by atoms with Crippen molar-refractivity contribution >= 4 is 5.91 Å². The van der Waals surface area contributed by atoms with Crippen LogP contribution in [0.4, 0.5) is 0 Å². The monoisotopic (exact) mass is 196 g/mol. The highest BCUT2D eigenvalue weighted by Gasteiger charge is 2.25. The van der Waals surface area contributed by atoms with E-state index in [2.05, 4.69) is 11.9 Å². The maximum Gasteiger partial charge on any atom is 0.239 e. The first-order valence-electron chi connectivity index (χ1n) is 5.31. The van der Waals surface area contributed by atoms with Crippen molar-refractivity contribution in [3.63, 3.8) is 0 Å². The number of amides is 1. The van der Waals surface area contributed by atoms with Crippen molar-refractivity contribution in [3.8, 4) is 0 Å². The average Bonchev–Trinajstić information content (AvgIpc) is 2.65. The quantitative estimate of drug-likeness (QED) is 0.684. The van der Waals surface area contributed by atoms with Crippen LogP contribution in [-0.4, -0.2) is 36.5 Å². The van der Waals surface area contributed by atoms with Crippen LogP contribution in [0.1, 0.15) is 26.7 Å². The Labute approximate surface area is 86.2 Å². The second kappa shape index (κ2) is 5.15. The van der Waals surface area contributed by atoms with E-state index in [0.29, 0.717) is 6.54 Å². The number of carbonyl (C=O) groups excluding carboxylic acids is 1. The molecule has 0 aromatic heterocycles. The van der Waals surface area contributed by atoms with Gasteiger partial charge in [-0.1, -0.05) is 12.2 Å². The Hall–Kier alpha value is -0.830. The molecule has 1 N–H and O–H groups in total. The molecule has 1 rings (SSSR count). The van der Waals surface area contributed by atoms with Gasteiger partial charge in [-0.2, -0.15) is 0 Å². The summed E-state index contributed by atoms with van der Waals surface area (Å²) in [5.74, 6) is 0.230. The van der Waals surface area contributed by atoms with Gasteiger partial charge in [0.1, 0.15) is 0 Å². The zero-order chi connectivity index (χ0) is 10.6. The first kappa shape index (κ1) is 11.2. The molecular formula is C11H20N2O. The molecule has 0 spiro atoms. The molecular weight excluding hydrogens is 176 g/mol. The van der Waals surface area contributed by atoms with Crippen molar-refractivity contribution in [1.29, 1.82) is 0 Å². The molecule has 1 aliphatic heterocycles. The summed E-state index contributed by atoms with van der Waals surface area (Å²) in [6.07, 6.45) is 2.09. The van der Waals surface area contributed by atoms with Gasteiger partial charge in [0.05, 0.1) is 6.04 Å². The number of hydrogen-bond acceptors (Lipinski definition) is 2. The summed E-state index contributed by atoms with van der Waals surface area (Å²) in [6, 6.07) is 0.0503. The summed E-state index contributed by atoms with van der Waals surface area (Å²) < 4.78 is 0. The molecule has 1 aliphatic rings. The molecule has 3 nitrogen and oxygen atoms in total. The van der Waals surface area contributed by atoms with Gasteiger partial charge in [-0.15, -0.1) is 0 Å². The Kier molecular flexibility index (Phi) is 4.14. The highest BCUT2D eigenvalue weighted by atomic mass is 16.2. The second-order valence-corrected chi connectivity index (χ2v) is 3.96. The third kappa shape index (κ3) is 2.84. The number of likely N-dealkylation sites (N-methyl/N-ethyl adjacent to an activating group) is 1. The van der Waals surface area contributed by atoms with Crippen LogP contribution in [-0.2, 0) is 4.79 Å². The molecule has 1 heterocycles. The molecule has 0 aromatic rings. The zero-order valence-corrected chi connectivity index (χ0v) is 9.18. The van der Waals surface area contributed by atoms with Crippen LogP contribution in [0.2, 0.25) is 0 Å². The van der Waals surface area contributed by atoms with Crippen LogP contribution in [0, 0.1) is 0 Å². The average molecular weight is 196 g/mol. The van der Waals surface area contributed by atoms with Crippen molar-refractivity contribution in [2.24, 2.45) is 0 Å². The van der Waals surface area contributed by atoms with Crippen molar-refractivity contribution < 1.29 is 4.79 Å². The third-order valence-corrected chi connectivity index (χ3v) is 2.51. The van der Waals surface area contributed by atoms with Gasteiger partial charge in [0.15, 0.2) is 0 Å². The molecule has 80 valence electrons. The Morgan fingerprint density at radius 2 is 2.36 bits per heavy atom. The molecule has 1 saturated heterocycles. The van der Waals surface area contributed by atoms with Gasteiger partial charge in [0.25, 0.3) is 0 Å². The fraction of sp³-hybridized carbons (Fsp3) is 0.727. The topological polar surface area (TPSA) is 32.3 Å². The molecule has 14 heavy (non-hydrogen) atoms. The predicted molar refractivity (Wildman–Crippen MR) is 58.1 cm³/mol. The lowest BCUT2D eigenvalue weighted by molar-refractivity contribution is -0.132. The number of nitrogens with one attached hydrogen (secondary N) is 1. The van der Waals surface area contributed by atoms with Gasteiger partial charge < -0.3 is 10.2 Å². The fourth-order valence-electron chi connectivity index (χ4n) is 1.79. The minimum absolute atomic E-state index is 0.0503. The van der Waals surface area contributed by atoms with Crippen molar-refractivity contribution in [1.82, 2.24) is 10.2 Å². The summed E-state index contributed by atoms with van der Waals surface area (Å²) in [4.78, 5) is 13.8. The van der Waals surface area contributed by atoms with Gasteiger partial charge in [-0.05, 0) is 33.2 Å². The van der Waals surface area contributed by atoms with E-state index in [-0.39, 0.29) is 11.9 Å². The Bertz CT molecular complexity index is 219. The summed E-state index contributed by atoms with van der Waals surface area (Å²) in [6.45, 7) is 10.2. The van der Waals surface area contributed by atoms with Crippen LogP contribution in [0.15, 0.2) is 12.2 Å². The minimum atomic E-state index is 0.0503. The van der Waals surface area contributed by atoms with E-state index in [1.807, 2.05) is 18.7 Å². The molecule has 0 unspecified atom stereocenters. The number of carbonyl (C=O) groups is 1. The smallest absolute Gasteiger partial charge is 0.239 e. The SMILES string of the molecule is C=C(C)CN(CC)C(=O)[C@H]1CCCN1. The lowest BCUT2D eigenvalue weighted by atomic mass is 10.2. The first-order valence-corrected chi connectivity index (χ1v) is 5.31. The van der Waals surface area contributed by atoms with E-state index < -0.39 is 0 Å². The largest absolute Gasteiger partial charge is 0.338 e. The van der Waals surface area contributed by atoms with Gasteiger partial charge >= 0.3 is 0 Å². The highest BCUT2D eigenvalue weighted by Crippen LogP contribution is 2.09. The molecule has 3 heteroatoms. The summed E-state index contributed by atoms with van der Waals surface area (Å²) in [7, 11) is 0. The molecule has 0 radical (unpaired) electrons. The van der Waals surface area contributed by atoms with Crippen LogP contribution >= 0.6 is 0 Å². The highest BCUT2D eigenvalue weighted by molar-refractivity contribution is 5.82. The third-order valence-electron chi connectivity index (χ3n) is 2.51. The van der Waals surface area contributed by atoms with Crippen LogP contribution in [0.5, 0.6) is 0 Å². The standard InChI is InChI=1S/C11H20N2O/c1-4-13(8-9(2)3)11(14)10-6-5-7-12-10/h10,12H,2,4-8H2,1,3H3/t10-/m1/s1. The van der Waals surface area contributed by atoms with Crippen molar-refractivity contribution in [2.75, 3.05) is 19.6 Å². The van der Waals surface area contributed by atoms with Crippen molar-refractivity contribution in [3.05, 3.63) is 12.2 Å². The first-order chi connectivity index (χ1) is 6.65. The normalized spacial score (nSPS) is 20.9. The predicted octanol–water partition coefficient (Wildman–Crippen LogP) is 1.16. The zero-order valence-electron chi connectivity index (χ0n) is 9.18. The molecule has 0 saturated carbocycles. The molecule has 0 aliphatic carbocycles. The van der Waals surface area contributed by atoms with E-state index in [1.165, 1.54) is 0 Å². The molecule has 1 amide bonds. The summed E-state index contributed by atoms with van der Waals surface area (Å²) in [5.41, 5.74) is 1.04. The Balaban J connectivity index is 2.50. The second-order valence-electron chi connectivity index (χ2n) is 3.96. The van der Waals surface area contributed by atoms with E-state index in [0.717, 1.165) is 31.5 Å². The summed E-state index contributed by atoms with van der Waals surface area (Å²) in [5, 5.41) is 3.22. The molecule has 1 atom stereocenters. The maximum absolute atomic E-state index is 11.9. The molecule has 0 aromatic carbocycles. The van der Waals surface area contributed by atoms with E-state index in [1.54, 1.807) is 0 Å². The van der Waals surface area contributed by atoms with E-state index >= 15 is 0 Å². The van der Waals surface area contributed by atoms with Gasteiger partial charge in [-0.3, -0.25) is 4.79 Å².